The van der Waals surface area contributed by atoms with Gasteiger partial charge in [0.2, 0.25) is 0 Å². The van der Waals surface area contributed by atoms with Gasteiger partial charge < -0.3 is 9.84 Å². The highest BCUT2D eigenvalue weighted by molar-refractivity contribution is 5.77. The zero-order valence-electron chi connectivity index (χ0n) is 15.4. The van der Waals surface area contributed by atoms with Crippen LogP contribution in [0.4, 0.5) is 0 Å². The van der Waals surface area contributed by atoms with Gasteiger partial charge in [-0.3, -0.25) is 9.59 Å². The highest BCUT2D eigenvalue weighted by atomic mass is 16.6. The number of rotatable bonds is 3. The second-order valence-electron chi connectivity index (χ2n) is 10.4. The van der Waals surface area contributed by atoms with E-state index < -0.39 is 17.0 Å². The Labute approximate surface area is 149 Å². The summed E-state index contributed by atoms with van der Waals surface area (Å²) in [6.45, 7) is 4.62. The van der Waals surface area contributed by atoms with Crippen LogP contribution in [0.25, 0.3) is 0 Å². The number of hydrogen-bond donors (Lipinski definition) is 1. The average molecular weight is 346 g/mol. The van der Waals surface area contributed by atoms with Gasteiger partial charge in [0.15, 0.2) is 0 Å². The van der Waals surface area contributed by atoms with E-state index in [0.717, 1.165) is 44.4 Å². The lowest BCUT2D eigenvalue weighted by atomic mass is 9.48. The number of carboxylic acid groups (broad SMARTS) is 1. The first-order valence-electron chi connectivity index (χ1n) is 10.3. The van der Waals surface area contributed by atoms with Gasteiger partial charge in [-0.05, 0) is 80.5 Å². The maximum atomic E-state index is 13.1. The third kappa shape index (κ3) is 2.18. The lowest BCUT2D eigenvalue weighted by Gasteiger charge is -2.59. The van der Waals surface area contributed by atoms with Crippen molar-refractivity contribution in [1.82, 2.24) is 0 Å². The third-order valence-corrected chi connectivity index (χ3v) is 8.98. The van der Waals surface area contributed by atoms with Crippen molar-refractivity contribution in [2.45, 2.75) is 70.8 Å². The van der Waals surface area contributed by atoms with Crippen LogP contribution in [-0.4, -0.2) is 22.6 Å². The molecule has 6 rings (SSSR count). The first kappa shape index (κ1) is 16.1. The molecular formula is C21H30O4. The summed E-state index contributed by atoms with van der Waals surface area (Å²) in [5.74, 6) is 2.76. The van der Waals surface area contributed by atoms with Gasteiger partial charge in [0.05, 0.1) is 11.3 Å². The smallest absolute Gasteiger partial charge is 0.309 e. The summed E-state index contributed by atoms with van der Waals surface area (Å²) >= 11 is 0. The summed E-state index contributed by atoms with van der Waals surface area (Å²) in [5, 5.41) is 9.85. The fourth-order valence-corrected chi connectivity index (χ4v) is 8.05. The van der Waals surface area contributed by atoms with E-state index in [1.807, 2.05) is 0 Å². The quantitative estimate of drug-likeness (QED) is 0.788. The monoisotopic (exact) mass is 346 g/mol. The number of carbonyl (C=O) groups is 2. The first-order chi connectivity index (χ1) is 11.8. The van der Waals surface area contributed by atoms with E-state index in [0.29, 0.717) is 36.0 Å². The van der Waals surface area contributed by atoms with Crippen LogP contribution in [0.15, 0.2) is 0 Å². The van der Waals surface area contributed by atoms with Crippen LogP contribution in [-0.2, 0) is 14.3 Å². The minimum Gasteiger partial charge on any atom is -0.481 e. The van der Waals surface area contributed by atoms with Gasteiger partial charge >= 0.3 is 11.9 Å². The highest BCUT2D eigenvalue weighted by Crippen LogP contribution is 2.63. The molecule has 4 heteroatoms. The van der Waals surface area contributed by atoms with Crippen molar-refractivity contribution in [2.24, 2.45) is 46.8 Å². The van der Waals surface area contributed by atoms with Crippen LogP contribution >= 0.6 is 0 Å². The van der Waals surface area contributed by atoms with E-state index in [9.17, 15) is 14.7 Å². The molecule has 0 radical (unpaired) electrons. The molecule has 6 fully saturated rings. The lowest BCUT2D eigenvalue weighted by molar-refractivity contribution is -0.214. The van der Waals surface area contributed by atoms with Crippen molar-refractivity contribution in [2.75, 3.05) is 0 Å². The van der Waals surface area contributed by atoms with Gasteiger partial charge in [-0.25, -0.2) is 0 Å². The molecule has 0 aromatic carbocycles. The van der Waals surface area contributed by atoms with Crippen LogP contribution < -0.4 is 0 Å². The van der Waals surface area contributed by atoms with Crippen molar-refractivity contribution in [1.29, 1.82) is 0 Å². The van der Waals surface area contributed by atoms with Crippen LogP contribution in [0.1, 0.15) is 65.2 Å². The van der Waals surface area contributed by atoms with Crippen molar-refractivity contribution in [3.05, 3.63) is 0 Å². The first-order valence-corrected chi connectivity index (χ1v) is 10.3. The number of carboxylic acids is 1. The molecular weight excluding hydrogens is 316 g/mol. The number of hydrogen-bond acceptors (Lipinski definition) is 3. The van der Waals surface area contributed by atoms with Gasteiger partial charge in [-0.2, -0.15) is 0 Å². The summed E-state index contributed by atoms with van der Waals surface area (Å²) in [6, 6.07) is 0. The molecule has 6 bridgehead atoms. The SMILES string of the molecule is CC1C2CC(C(=O)OC34CC5CC(C3)CC(C(=O)O)(C5)C4)C(C2)C1C. The summed E-state index contributed by atoms with van der Waals surface area (Å²) in [4.78, 5) is 25.1. The van der Waals surface area contributed by atoms with E-state index in [-0.39, 0.29) is 11.9 Å². The van der Waals surface area contributed by atoms with Crippen LogP contribution in [0.5, 0.6) is 0 Å². The average Bonchev–Trinajstić information content (AvgIpc) is 3.06. The lowest BCUT2D eigenvalue weighted by Crippen LogP contribution is -2.60. The molecule has 0 aromatic rings. The molecule has 0 heterocycles. The fourth-order valence-electron chi connectivity index (χ4n) is 8.05. The van der Waals surface area contributed by atoms with E-state index in [1.165, 1.54) is 6.42 Å². The summed E-state index contributed by atoms with van der Waals surface area (Å²) < 4.78 is 6.24. The fraction of sp³-hybridized carbons (Fsp3) is 0.905. The second kappa shape index (κ2) is 5.01. The molecule has 0 saturated heterocycles. The summed E-state index contributed by atoms with van der Waals surface area (Å²) in [6.07, 6.45) is 7.25. The number of aliphatic carboxylic acids is 1. The molecule has 7 atom stereocenters. The molecule has 0 aliphatic heterocycles. The maximum absolute atomic E-state index is 13.1. The zero-order valence-corrected chi connectivity index (χ0v) is 15.4. The van der Waals surface area contributed by atoms with Crippen molar-refractivity contribution >= 4 is 11.9 Å². The van der Waals surface area contributed by atoms with Crippen LogP contribution in [0.3, 0.4) is 0 Å². The normalized spacial score (nSPS) is 55.5. The molecule has 6 aliphatic carbocycles. The van der Waals surface area contributed by atoms with Crippen molar-refractivity contribution in [3.8, 4) is 0 Å². The summed E-state index contributed by atoms with van der Waals surface area (Å²) in [5.41, 5.74) is -1.10. The maximum Gasteiger partial charge on any atom is 0.309 e. The van der Waals surface area contributed by atoms with E-state index in [4.69, 9.17) is 4.74 Å². The molecule has 0 aromatic heterocycles. The Kier molecular flexibility index (Phi) is 3.24. The van der Waals surface area contributed by atoms with E-state index in [2.05, 4.69) is 13.8 Å². The Hall–Kier alpha value is -1.06. The molecule has 6 aliphatic rings. The van der Waals surface area contributed by atoms with Crippen LogP contribution in [0.2, 0.25) is 0 Å². The summed E-state index contributed by atoms with van der Waals surface area (Å²) in [7, 11) is 0. The molecule has 1 N–H and O–H groups in total. The molecule has 138 valence electrons. The van der Waals surface area contributed by atoms with E-state index in [1.54, 1.807) is 0 Å². The standard InChI is InChI=1S/C21H30O4/c1-11-12(2)16-4-15(11)5-17(16)18(22)25-21-8-13-3-14(9-21)7-20(6-13,10-21)19(23)24/h11-17H,3-10H2,1-2H3,(H,23,24). The molecule has 0 amide bonds. The zero-order chi connectivity index (χ0) is 17.6. The Morgan fingerprint density at radius 3 is 2.20 bits per heavy atom. The van der Waals surface area contributed by atoms with Gasteiger partial charge in [0.1, 0.15) is 5.60 Å². The Morgan fingerprint density at radius 2 is 1.64 bits per heavy atom. The number of ether oxygens (including phenoxy) is 1. The number of esters is 1. The Bertz CT molecular complexity index is 609. The van der Waals surface area contributed by atoms with Gasteiger partial charge in [-0.15, -0.1) is 0 Å². The van der Waals surface area contributed by atoms with Gasteiger partial charge in [-0.1, -0.05) is 13.8 Å². The number of carbonyl (C=O) groups excluding carboxylic acids is 1. The van der Waals surface area contributed by atoms with E-state index >= 15 is 0 Å². The van der Waals surface area contributed by atoms with Crippen molar-refractivity contribution < 1.29 is 19.4 Å². The predicted octanol–water partition coefficient (Wildman–Crippen LogP) is 3.88. The molecule has 4 nitrogen and oxygen atoms in total. The van der Waals surface area contributed by atoms with Gasteiger partial charge in [0.25, 0.3) is 0 Å². The second-order valence-corrected chi connectivity index (χ2v) is 10.4. The van der Waals surface area contributed by atoms with Gasteiger partial charge in [0, 0.05) is 6.42 Å². The molecule has 6 saturated carbocycles. The van der Waals surface area contributed by atoms with Crippen molar-refractivity contribution in [3.63, 3.8) is 0 Å². The number of fused-ring (bicyclic) bond motifs is 2. The topological polar surface area (TPSA) is 63.6 Å². The predicted molar refractivity (Wildman–Crippen MR) is 91.6 cm³/mol. The molecule has 0 spiro atoms. The molecule has 7 unspecified atom stereocenters. The van der Waals surface area contributed by atoms with Crippen LogP contribution in [0, 0.1) is 46.8 Å². The minimum absolute atomic E-state index is 0.00580. The minimum atomic E-state index is -0.663. The highest BCUT2D eigenvalue weighted by Gasteiger charge is 2.63. The Morgan fingerprint density at radius 1 is 0.960 bits per heavy atom. The molecule has 25 heavy (non-hydrogen) atoms. The Balaban J connectivity index is 1.36. The third-order valence-electron chi connectivity index (χ3n) is 8.98. The largest absolute Gasteiger partial charge is 0.481 e.